The second-order valence-corrected chi connectivity index (χ2v) is 5.48. The van der Waals surface area contributed by atoms with E-state index in [-0.39, 0.29) is 16.3 Å². The molecule has 20 heavy (non-hydrogen) atoms. The van der Waals surface area contributed by atoms with Crippen molar-refractivity contribution in [2.75, 3.05) is 4.72 Å². The van der Waals surface area contributed by atoms with Crippen LogP contribution in [-0.4, -0.2) is 24.5 Å². The van der Waals surface area contributed by atoms with Crippen LogP contribution in [0.4, 0.5) is 10.2 Å². The maximum Gasteiger partial charge on any atom is 0.335 e. The molecule has 0 atom stereocenters. The van der Waals surface area contributed by atoms with Crippen LogP contribution in [0.3, 0.4) is 0 Å². The van der Waals surface area contributed by atoms with E-state index < -0.39 is 21.8 Å². The number of aromatic carboxylic acids is 1. The van der Waals surface area contributed by atoms with Crippen molar-refractivity contribution in [2.24, 2.45) is 0 Å². The van der Waals surface area contributed by atoms with Crippen molar-refractivity contribution >= 4 is 21.8 Å². The van der Waals surface area contributed by atoms with Crippen LogP contribution in [0.1, 0.15) is 10.4 Å². The van der Waals surface area contributed by atoms with Crippen LogP contribution in [0.2, 0.25) is 0 Å². The predicted octanol–water partition coefficient (Wildman–Crippen LogP) is 1.72. The Morgan fingerprint density at radius 1 is 1.25 bits per heavy atom. The fourth-order valence-electron chi connectivity index (χ4n) is 1.43. The lowest BCUT2D eigenvalue weighted by Gasteiger charge is -2.07. The largest absolute Gasteiger partial charge is 0.478 e. The number of carboxylic acid groups (broad SMARTS) is 1. The van der Waals surface area contributed by atoms with E-state index in [2.05, 4.69) is 9.71 Å². The zero-order valence-corrected chi connectivity index (χ0v) is 10.8. The number of sulfonamides is 1. The molecule has 1 aromatic carbocycles. The Kier molecular flexibility index (Phi) is 3.66. The van der Waals surface area contributed by atoms with E-state index in [1.165, 1.54) is 18.2 Å². The number of carbonyl (C=O) groups is 1. The van der Waals surface area contributed by atoms with Gasteiger partial charge in [0.25, 0.3) is 10.0 Å². The summed E-state index contributed by atoms with van der Waals surface area (Å²) in [5, 5.41) is 8.83. The van der Waals surface area contributed by atoms with Crippen LogP contribution in [0.5, 0.6) is 0 Å². The number of hydrogen-bond acceptors (Lipinski definition) is 4. The van der Waals surface area contributed by atoms with Crippen LogP contribution in [-0.2, 0) is 10.0 Å². The molecule has 0 radical (unpaired) electrons. The maximum atomic E-state index is 12.7. The van der Waals surface area contributed by atoms with Crippen molar-refractivity contribution in [1.29, 1.82) is 0 Å². The molecule has 0 saturated heterocycles. The van der Waals surface area contributed by atoms with Crippen LogP contribution in [0.25, 0.3) is 0 Å². The number of carboxylic acids is 1. The van der Waals surface area contributed by atoms with Crippen molar-refractivity contribution in [3.05, 3.63) is 54.0 Å². The Morgan fingerprint density at radius 2 is 2.00 bits per heavy atom. The summed E-state index contributed by atoms with van der Waals surface area (Å²) in [6, 6.07) is 7.08. The number of halogens is 1. The van der Waals surface area contributed by atoms with Gasteiger partial charge in [-0.1, -0.05) is 6.07 Å². The summed E-state index contributed by atoms with van der Waals surface area (Å²) < 4.78 is 38.9. The van der Waals surface area contributed by atoms with Crippen LogP contribution < -0.4 is 4.72 Å². The average Bonchev–Trinajstić information content (AvgIpc) is 2.41. The summed E-state index contributed by atoms with van der Waals surface area (Å²) in [6.45, 7) is 0. The molecule has 104 valence electrons. The highest BCUT2D eigenvalue weighted by Crippen LogP contribution is 2.16. The molecule has 0 fully saturated rings. The number of nitrogens with zero attached hydrogens (tertiary/aromatic N) is 1. The topological polar surface area (TPSA) is 96.4 Å². The summed E-state index contributed by atoms with van der Waals surface area (Å²) in [4.78, 5) is 14.2. The van der Waals surface area contributed by atoms with Gasteiger partial charge in [0.2, 0.25) is 0 Å². The Morgan fingerprint density at radius 3 is 2.60 bits per heavy atom. The maximum absolute atomic E-state index is 12.7. The minimum Gasteiger partial charge on any atom is -0.478 e. The first-order valence-corrected chi connectivity index (χ1v) is 6.84. The highest BCUT2D eigenvalue weighted by atomic mass is 32.2. The molecule has 2 aromatic rings. The van der Waals surface area contributed by atoms with Gasteiger partial charge >= 0.3 is 5.97 Å². The molecule has 1 heterocycles. The van der Waals surface area contributed by atoms with Gasteiger partial charge in [0, 0.05) is 0 Å². The van der Waals surface area contributed by atoms with Gasteiger partial charge in [-0.25, -0.2) is 22.6 Å². The van der Waals surface area contributed by atoms with Gasteiger partial charge < -0.3 is 5.11 Å². The van der Waals surface area contributed by atoms with Gasteiger partial charge in [-0.3, -0.25) is 4.72 Å². The standard InChI is InChI=1S/C12H9FN2O4S/c13-9-4-5-11(14-7-9)15-20(18,19)10-3-1-2-8(6-10)12(16)17/h1-7H,(H,14,15)(H,16,17). The Hall–Kier alpha value is -2.48. The van der Waals surface area contributed by atoms with Gasteiger partial charge in [0.1, 0.15) is 11.6 Å². The molecule has 1 aromatic heterocycles. The van der Waals surface area contributed by atoms with Gasteiger partial charge in [-0.15, -0.1) is 0 Å². The molecule has 2 rings (SSSR count). The van der Waals surface area contributed by atoms with Crippen molar-refractivity contribution in [3.8, 4) is 0 Å². The van der Waals surface area contributed by atoms with Crippen molar-refractivity contribution in [2.45, 2.75) is 4.90 Å². The third kappa shape index (κ3) is 3.09. The normalized spacial score (nSPS) is 11.1. The Balaban J connectivity index is 2.33. The number of nitrogens with one attached hydrogen (secondary N) is 1. The Labute approximate surface area is 114 Å². The minimum absolute atomic E-state index is 0.0628. The molecule has 0 aliphatic carbocycles. The van der Waals surface area contributed by atoms with E-state index in [1.807, 2.05) is 0 Å². The van der Waals surface area contributed by atoms with Crippen LogP contribution >= 0.6 is 0 Å². The van der Waals surface area contributed by atoms with Gasteiger partial charge in [0.15, 0.2) is 0 Å². The molecular weight excluding hydrogens is 287 g/mol. The van der Waals surface area contributed by atoms with Gasteiger partial charge in [0.05, 0.1) is 16.7 Å². The van der Waals surface area contributed by atoms with Crippen molar-refractivity contribution < 1.29 is 22.7 Å². The molecule has 0 saturated carbocycles. The van der Waals surface area contributed by atoms with E-state index in [9.17, 15) is 17.6 Å². The number of anilines is 1. The van der Waals surface area contributed by atoms with Crippen molar-refractivity contribution in [3.63, 3.8) is 0 Å². The average molecular weight is 296 g/mol. The summed E-state index contributed by atoms with van der Waals surface area (Å²) in [5.74, 6) is -1.89. The molecular formula is C12H9FN2O4S. The van der Waals surface area contributed by atoms with Crippen LogP contribution in [0.15, 0.2) is 47.5 Å². The summed E-state index contributed by atoms with van der Waals surface area (Å²) in [7, 11) is -3.98. The van der Waals surface area contributed by atoms with Crippen molar-refractivity contribution in [1.82, 2.24) is 4.98 Å². The van der Waals surface area contributed by atoms with E-state index in [1.54, 1.807) is 0 Å². The quantitative estimate of drug-likeness (QED) is 0.895. The van der Waals surface area contributed by atoms with E-state index >= 15 is 0 Å². The molecule has 0 unspecified atom stereocenters. The smallest absolute Gasteiger partial charge is 0.335 e. The number of aromatic nitrogens is 1. The lowest BCUT2D eigenvalue weighted by molar-refractivity contribution is 0.0696. The fourth-order valence-corrected chi connectivity index (χ4v) is 2.48. The second kappa shape index (κ2) is 5.25. The van der Waals surface area contributed by atoms with E-state index in [0.717, 1.165) is 24.4 Å². The van der Waals surface area contributed by atoms with E-state index in [0.29, 0.717) is 0 Å². The third-order valence-electron chi connectivity index (χ3n) is 2.36. The lowest BCUT2D eigenvalue weighted by atomic mass is 10.2. The zero-order valence-electron chi connectivity index (χ0n) is 9.95. The molecule has 0 spiro atoms. The van der Waals surface area contributed by atoms with E-state index in [4.69, 9.17) is 5.11 Å². The highest BCUT2D eigenvalue weighted by molar-refractivity contribution is 7.92. The predicted molar refractivity (Wildman–Crippen MR) is 68.4 cm³/mol. The molecule has 2 N–H and O–H groups in total. The Bertz CT molecular complexity index is 744. The fraction of sp³-hybridized carbons (Fsp3) is 0. The number of hydrogen-bond donors (Lipinski definition) is 2. The second-order valence-electron chi connectivity index (χ2n) is 3.80. The SMILES string of the molecule is O=C(O)c1cccc(S(=O)(=O)Nc2ccc(F)cn2)c1. The van der Waals surface area contributed by atoms with Gasteiger partial charge in [-0.05, 0) is 30.3 Å². The first-order valence-electron chi connectivity index (χ1n) is 5.36. The lowest BCUT2D eigenvalue weighted by Crippen LogP contribution is -2.14. The zero-order chi connectivity index (χ0) is 14.8. The molecule has 0 bridgehead atoms. The van der Waals surface area contributed by atoms with Gasteiger partial charge in [-0.2, -0.15) is 0 Å². The summed E-state index contributed by atoms with van der Waals surface area (Å²) in [5.41, 5.74) is -0.153. The first-order chi connectivity index (χ1) is 9.38. The number of rotatable bonds is 4. The number of benzene rings is 1. The first kappa shape index (κ1) is 13.9. The number of pyridine rings is 1. The minimum atomic E-state index is -3.98. The monoisotopic (exact) mass is 296 g/mol. The third-order valence-corrected chi connectivity index (χ3v) is 3.71. The van der Waals surface area contributed by atoms with Crippen LogP contribution in [0, 0.1) is 5.82 Å². The molecule has 0 aliphatic rings. The summed E-state index contributed by atoms with van der Waals surface area (Å²) in [6.07, 6.45) is 0.867. The molecule has 8 heteroatoms. The summed E-state index contributed by atoms with van der Waals surface area (Å²) >= 11 is 0. The molecule has 6 nitrogen and oxygen atoms in total. The molecule has 0 amide bonds. The molecule has 0 aliphatic heterocycles. The highest BCUT2D eigenvalue weighted by Gasteiger charge is 2.16.